The predicted octanol–water partition coefficient (Wildman–Crippen LogP) is 3.50. The third-order valence-corrected chi connectivity index (χ3v) is 4.97. The number of benzene rings is 2. The Labute approximate surface area is 175 Å². The van der Waals surface area contributed by atoms with Gasteiger partial charge in [-0.3, -0.25) is 4.79 Å². The molecule has 3 rings (SSSR count). The average Bonchev–Trinajstić information content (AvgIpc) is 3.04. The highest BCUT2D eigenvalue weighted by Gasteiger charge is 2.19. The van der Waals surface area contributed by atoms with Gasteiger partial charge in [0.05, 0.1) is 12.1 Å². The van der Waals surface area contributed by atoms with E-state index in [2.05, 4.69) is 28.2 Å². The molecule has 7 heteroatoms. The average molecular weight is 410 g/mol. The lowest BCUT2D eigenvalue weighted by Crippen LogP contribution is -2.26. The Hall–Kier alpha value is -3.16. The van der Waals surface area contributed by atoms with Crippen molar-refractivity contribution < 1.29 is 24.3 Å². The highest BCUT2D eigenvalue weighted by Crippen LogP contribution is 2.22. The number of ether oxygens (including phenoxy) is 1. The summed E-state index contributed by atoms with van der Waals surface area (Å²) in [6.45, 7) is 3.95. The molecule has 1 unspecified atom stereocenters. The first-order valence-electron chi connectivity index (χ1n) is 9.82. The number of aromatic nitrogens is 1. The van der Waals surface area contributed by atoms with Gasteiger partial charge >= 0.3 is 5.97 Å². The number of fused-ring (bicyclic) bond motifs is 1. The molecule has 1 heterocycles. The quantitative estimate of drug-likeness (QED) is 0.393. The predicted molar refractivity (Wildman–Crippen MR) is 114 cm³/mol. The van der Waals surface area contributed by atoms with Gasteiger partial charge in [0, 0.05) is 31.3 Å². The van der Waals surface area contributed by atoms with Crippen LogP contribution in [0.2, 0.25) is 0 Å². The number of carboxylic acid groups (broad SMARTS) is 1. The van der Waals surface area contributed by atoms with E-state index in [1.165, 1.54) is 6.92 Å². The molecule has 0 fully saturated rings. The van der Waals surface area contributed by atoms with Gasteiger partial charge in [0.2, 0.25) is 0 Å². The van der Waals surface area contributed by atoms with E-state index in [1.807, 2.05) is 19.2 Å². The van der Waals surface area contributed by atoms with Crippen molar-refractivity contribution in [1.29, 1.82) is 0 Å². The summed E-state index contributed by atoms with van der Waals surface area (Å²) in [5, 5.41) is 10.4. The monoisotopic (exact) mass is 410 g/mol. The fraction of sp³-hybridized carbons (Fsp3) is 0.304. The number of hydrogen-bond acceptors (Lipinski definition) is 5. The Bertz CT molecular complexity index is 1060. The van der Waals surface area contributed by atoms with Crippen LogP contribution in [0.5, 0.6) is 5.75 Å². The second-order valence-electron chi connectivity index (χ2n) is 7.05. The third-order valence-electron chi connectivity index (χ3n) is 4.97. The van der Waals surface area contributed by atoms with Gasteiger partial charge < -0.3 is 19.2 Å². The number of nitrogens with zero attached hydrogens (tertiary/aromatic N) is 1. The van der Waals surface area contributed by atoms with Crippen molar-refractivity contribution in [3.05, 3.63) is 65.4 Å². The van der Waals surface area contributed by atoms with Crippen molar-refractivity contribution >= 4 is 22.7 Å². The van der Waals surface area contributed by atoms with E-state index < -0.39 is 12.1 Å². The summed E-state index contributed by atoms with van der Waals surface area (Å²) < 4.78 is 7.34. The first-order valence-corrected chi connectivity index (χ1v) is 9.82. The molecule has 0 aliphatic heterocycles. The smallest absolute Gasteiger partial charge is 0.333 e. The van der Waals surface area contributed by atoms with Crippen LogP contribution in [-0.2, 0) is 29.5 Å². The Morgan fingerprint density at radius 3 is 2.60 bits per heavy atom. The van der Waals surface area contributed by atoms with Gasteiger partial charge in [-0.15, -0.1) is 0 Å². The number of para-hydroxylation sites is 1. The molecule has 2 aromatic carbocycles. The molecule has 158 valence electrons. The van der Waals surface area contributed by atoms with Gasteiger partial charge in [-0.1, -0.05) is 24.3 Å². The normalized spacial score (nSPS) is 12.1. The van der Waals surface area contributed by atoms with Crippen LogP contribution >= 0.6 is 0 Å². The topological polar surface area (TPSA) is 89.8 Å². The lowest BCUT2D eigenvalue weighted by Gasteiger charge is -2.15. The second-order valence-corrected chi connectivity index (χ2v) is 7.05. The minimum absolute atomic E-state index is 0.165. The Morgan fingerprint density at radius 2 is 1.93 bits per heavy atom. The molecule has 7 nitrogen and oxygen atoms in total. The molecule has 0 aliphatic carbocycles. The fourth-order valence-corrected chi connectivity index (χ4v) is 3.40. The standard InChI is InChI=1S/C23H26N2O5/c1-4-29-22(23(27)28)12-16-9-10-21(19(11-16)15(2)26)30-24-14-18-13-17-7-5-6-8-20(17)25(18)3/h5-11,13,22,24H,4,12,14H2,1-3H3,(H,27,28). The van der Waals surface area contributed by atoms with Gasteiger partial charge in [0.25, 0.3) is 0 Å². The fourth-order valence-electron chi connectivity index (χ4n) is 3.40. The summed E-state index contributed by atoms with van der Waals surface area (Å²) in [7, 11) is 1.99. The van der Waals surface area contributed by atoms with E-state index in [4.69, 9.17) is 9.57 Å². The third kappa shape index (κ3) is 4.87. The van der Waals surface area contributed by atoms with Crippen LogP contribution < -0.4 is 10.3 Å². The number of aliphatic carboxylic acids is 1. The maximum atomic E-state index is 12.1. The zero-order valence-electron chi connectivity index (χ0n) is 17.3. The van der Waals surface area contributed by atoms with Gasteiger partial charge in [-0.25, -0.2) is 4.79 Å². The highest BCUT2D eigenvalue weighted by atomic mass is 16.6. The van der Waals surface area contributed by atoms with E-state index in [0.717, 1.165) is 16.6 Å². The first kappa shape index (κ1) is 21.5. The van der Waals surface area contributed by atoms with E-state index in [9.17, 15) is 14.7 Å². The summed E-state index contributed by atoms with van der Waals surface area (Å²) in [5.74, 6) is -0.798. The van der Waals surface area contributed by atoms with Crippen molar-refractivity contribution in [2.45, 2.75) is 32.9 Å². The van der Waals surface area contributed by atoms with Gasteiger partial charge in [-0.2, -0.15) is 5.48 Å². The lowest BCUT2D eigenvalue weighted by molar-refractivity contribution is -0.149. The Balaban J connectivity index is 1.71. The summed E-state index contributed by atoms with van der Waals surface area (Å²) in [6.07, 6.45) is -0.779. The van der Waals surface area contributed by atoms with Crippen LogP contribution in [0.4, 0.5) is 0 Å². The number of nitrogens with one attached hydrogen (secondary N) is 1. The van der Waals surface area contributed by atoms with Gasteiger partial charge in [-0.05, 0) is 49.1 Å². The van der Waals surface area contributed by atoms with Crippen molar-refractivity contribution in [1.82, 2.24) is 10.0 Å². The van der Waals surface area contributed by atoms with Gasteiger partial charge in [0.15, 0.2) is 17.6 Å². The van der Waals surface area contributed by atoms with E-state index in [0.29, 0.717) is 30.0 Å². The van der Waals surface area contributed by atoms with Crippen LogP contribution in [0.1, 0.15) is 35.5 Å². The van der Waals surface area contributed by atoms with E-state index >= 15 is 0 Å². The van der Waals surface area contributed by atoms with E-state index in [-0.39, 0.29) is 12.2 Å². The van der Waals surface area contributed by atoms with Crippen LogP contribution in [0.3, 0.4) is 0 Å². The van der Waals surface area contributed by atoms with E-state index in [1.54, 1.807) is 25.1 Å². The maximum absolute atomic E-state index is 12.1. The number of aryl methyl sites for hydroxylation is 1. The molecule has 0 radical (unpaired) electrons. The summed E-state index contributed by atoms with van der Waals surface area (Å²) in [4.78, 5) is 29.1. The zero-order valence-corrected chi connectivity index (χ0v) is 17.3. The molecule has 1 aromatic heterocycles. The second kappa shape index (κ2) is 9.56. The molecule has 0 aliphatic rings. The SMILES string of the molecule is CCOC(Cc1ccc(ONCc2cc3ccccc3n2C)c(C(C)=O)c1)C(=O)O. The molecule has 0 amide bonds. The zero-order chi connectivity index (χ0) is 21.7. The number of carbonyl (C=O) groups is 2. The Morgan fingerprint density at radius 1 is 1.17 bits per heavy atom. The molecule has 0 spiro atoms. The molecule has 1 atom stereocenters. The number of hydroxylamine groups is 1. The largest absolute Gasteiger partial charge is 0.479 e. The number of ketones is 1. The molecule has 2 N–H and O–H groups in total. The molecule has 30 heavy (non-hydrogen) atoms. The lowest BCUT2D eigenvalue weighted by atomic mass is 10.0. The molecule has 0 bridgehead atoms. The Kier molecular flexibility index (Phi) is 6.87. The highest BCUT2D eigenvalue weighted by molar-refractivity contribution is 5.97. The summed E-state index contributed by atoms with van der Waals surface area (Å²) >= 11 is 0. The first-order chi connectivity index (χ1) is 14.4. The maximum Gasteiger partial charge on any atom is 0.333 e. The molecule has 0 saturated carbocycles. The minimum atomic E-state index is -1.03. The van der Waals surface area contributed by atoms with Crippen molar-refractivity contribution in [2.75, 3.05) is 6.61 Å². The van der Waals surface area contributed by atoms with Crippen molar-refractivity contribution in [2.24, 2.45) is 7.05 Å². The van der Waals surface area contributed by atoms with Crippen molar-refractivity contribution in [3.63, 3.8) is 0 Å². The minimum Gasteiger partial charge on any atom is -0.479 e. The van der Waals surface area contributed by atoms with Crippen LogP contribution in [-0.4, -0.2) is 34.1 Å². The number of rotatable bonds is 10. The van der Waals surface area contributed by atoms with Crippen LogP contribution in [0, 0.1) is 0 Å². The van der Waals surface area contributed by atoms with Crippen LogP contribution in [0.15, 0.2) is 48.5 Å². The number of carboxylic acids is 1. The number of carbonyl (C=O) groups excluding carboxylic acids is 1. The molecular formula is C23H26N2O5. The van der Waals surface area contributed by atoms with Crippen LogP contribution in [0.25, 0.3) is 10.9 Å². The molecule has 3 aromatic rings. The summed E-state index contributed by atoms with van der Waals surface area (Å²) in [6, 6.07) is 15.3. The van der Waals surface area contributed by atoms with Crippen molar-refractivity contribution in [3.8, 4) is 5.75 Å². The summed E-state index contributed by atoms with van der Waals surface area (Å²) in [5.41, 5.74) is 6.18. The molecule has 0 saturated heterocycles. The number of Topliss-reactive ketones (excluding diaryl/α,β-unsaturated/α-hetero) is 1. The van der Waals surface area contributed by atoms with Gasteiger partial charge in [0.1, 0.15) is 0 Å². The number of hydrogen-bond donors (Lipinski definition) is 2. The molecular weight excluding hydrogens is 384 g/mol.